The molecule has 0 saturated heterocycles. The fourth-order valence-corrected chi connectivity index (χ4v) is 3.49. The maximum absolute atomic E-state index is 12.4. The number of halogens is 1. The maximum Gasteiger partial charge on any atom is 0.244 e. The van der Waals surface area contributed by atoms with Gasteiger partial charge in [-0.25, -0.2) is 8.42 Å². The Kier molecular flexibility index (Phi) is 5.93. The Morgan fingerprint density at radius 3 is 2.30 bits per heavy atom. The topological polar surface area (TPSA) is 75.7 Å². The summed E-state index contributed by atoms with van der Waals surface area (Å²) in [6.45, 7) is 7.01. The molecule has 0 spiro atoms. The number of hydrogen-bond donors (Lipinski definition) is 1. The number of ether oxygens (including phenoxy) is 1. The molecule has 0 saturated carbocycles. The third-order valence-corrected chi connectivity index (χ3v) is 4.51. The van der Waals surface area contributed by atoms with Gasteiger partial charge in [0.15, 0.2) is 0 Å². The Bertz CT molecular complexity index is 683. The molecule has 1 N–H and O–H groups in total. The monoisotopic (exact) mass is 362 g/mol. The van der Waals surface area contributed by atoms with E-state index in [0.717, 1.165) is 10.6 Å². The van der Waals surface area contributed by atoms with Crippen LogP contribution in [0.2, 0.25) is 5.02 Å². The Morgan fingerprint density at radius 2 is 1.91 bits per heavy atom. The molecule has 0 fully saturated rings. The molecule has 0 aliphatic rings. The van der Waals surface area contributed by atoms with Crippen molar-refractivity contribution in [1.29, 1.82) is 0 Å². The zero-order valence-corrected chi connectivity index (χ0v) is 15.7. The summed E-state index contributed by atoms with van der Waals surface area (Å²) in [6.07, 6.45) is 1.05. The summed E-state index contributed by atoms with van der Waals surface area (Å²) in [7, 11) is -2.21. The van der Waals surface area contributed by atoms with Crippen LogP contribution in [0, 0.1) is 0 Å². The van der Waals surface area contributed by atoms with Crippen molar-refractivity contribution in [2.75, 3.05) is 17.7 Å². The van der Waals surface area contributed by atoms with E-state index in [1.54, 1.807) is 12.1 Å². The van der Waals surface area contributed by atoms with Gasteiger partial charge in [-0.05, 0) is 45.9 Å². The molecule has 1 aromatic carbocycles. The summed E-state index contributed by atoms with van der Waals surface area (Å²) in [5, 5.41) is 3.04. The van der Waals surface area contributed by atoms with Gasteiger partial charge < -0.3 is 10.1 Å². The van der Waals surface area contributed by atoms with Crippen molar-refractivity contribution in [3.8, 4) is 5.75 Å². The molecule has 1 aromatic rings. The number of carbonyl (C=O) groups excluding carboxylic acids is 1. The van der Waals surface area contributed by atoms with Crippen molar-refractivity contribution in [3.05, 3.63) is 23.2 Å². The summed E-state index contributed by atoms with van der Waals surface area (Å²) in [4.78, 5) is 12.4. The molecule has 6 nitrogen and oxygen atoms in total. The Labute approximate surface area is 142 Å². The van der Waals surface area contributed by atoms with Crippen LogP contribution in [0.1, 0.15) is 27.7 Å². The number of nitrogens with one attached hydrogen (secondary N) is 1. The Morgan fingerprint density at radius 1 is 1.35 bits per heavy atom. The predicted molar refractivity (Wildman–Crippen MR) is 92.7 cm³/mol. The molecule has 23 heavy (non-hydrogen) atoms. The Hall–Kier alpha value is -1.47. The SMILES string of the molecule is COc1ccc(N([C@H](C)C(=O)NC(C)(C)C)S(C)(=O)=O)cc1Cl. The van der Waals surface area contributed by atoms with Gasteiger partial charge >= 0.3 is 0 Å². The number of nitrogens with zero attached hydrogens (tertiary/aromatic N) is 1. The van der Waals surface area contributed by atoms with Crippen LogP contribution in [-0.2, 0) is 14.8 Å². The summed E-state index contributed by atoms with van der Waals surface area (Å²) in [5.41, 5.74) is -0.165. The first kappa shape index (κ1) is 19.6. The first-order valence-electron chi connectivity index (χ1n) is 7.02. The second-order valence-electron chi connectivity index (χ2n) is 6.29. The second kappa shape index (κ2) is 6.97. The van der Waals surface area contributed by atoms with Crippen LogP contribution in [0.3, 0.4) is 0 Å². The van der Waals surface area contributed by atoms with E-state index >= 15 is 0 Å². The van der Waals surface area contributed by atoms with Gasteiger partial charge in [0.05, 0.1) is 24.1 Å². The maximum atomic E-state index is 12.4. The van der Waals surface area contributed by atoms with Crippen LogP contribution in [-0.4, -0.2) is 39.3 Å². The number of carbonyl (C=O) groups is 1. The molecule has 0 aliphatic carbocycles. The fraction of sp³-hybridized carbons (Fsp3) is 0.533. The van der Waals surface area contributed by atoms with Crippen molar-refractivity contribution in [3.63, 3.8) is 0 Å². The summed E-state index contributed by atoms with van der Waals surface area (Å²) in [6, 6.07) is 3.65. The van der Waals surface area contributed by atoms with E-state index in [0.29, 0.717) is 11.4 Å². The predicted octanol–water partition coefficient (Wildman–Crippen LogP) is 2.42. The number of methoxy groups -OCH3 is 1. The van der Waals surface area contributed by atoms with E-state index in [1.807, 2.05) is 20.8 Å². The van der Waals surface area contributed by atoms with E-state index in [-0.39, 0.29) is 5.02 Å². The lowest BCUT2D eigenvalue weighted by Crippen LogP contribution is -2.52. The molecular formula is C15H23ClN2O4S. The molecule has 130 valence electrons. The first-order chi connectivity index (χ1) is 10.4. The number of amides is 1. The van der Waals surface area contributed by atoms with Crippen molar-refractivity contribution < 1.29 is 17.9 Å². The zero-order valence-electron chi connectivity index (χ0n) is 14.2. The summed E-state index contributed by atoms with van der Waals surface area (Å²) < 4.78 is 30.5. The minimum absolute atomic E-state index is 0.266. The van der Waals surface area contributed by atoms with Gasteiger partial charge in [-0.2, -0.15) is 0 Å². The largest absolute Gasteiger partial charge is 0.495 e. The minimum Gasteiger partial charge on any atom is -0.495 e. The van der Waals surface area contributed by atoms with Crippen molar-refractivity contribution in [1.82, 2.24) is 5.32 Å². The molecule has 0 unspecified atom stereocenters. The average Bonchev–Trinajstić information content (AvgIpc) is 2.35. The van der Waals surface area contributed by atoms with Crippen LogP contribution >= 0.6 is 11.6 Å². The van der Waals surface area contributed by atoms with E-state index in [9.17, 15) is 13.2 Å². The lowest BCUT2D eigenvalue weighted by molar-refractivity contribution is -0.123. The zero-order chi connectivity index (χ0) is 18.0. The number of benzene rings is 1. The third-order valence-electron chi connectivity index (χ3n) is 2.98. The lowest BCUT2D eigenvalue weighted by atomic mass is 10.1. The van der Waals surface area contributed by atoms with Crippen LogP contribution in [0.5, 0.6) is 5.75 Å². The van der Waals surface area contributed by atoms with Crippen LogP contribution in [0.15, 0.2) is 18.2 Å². The third kappa shape index (κ3) is 5.28. The van der Waals surface area contributed by atoms with Gasteiger partial charge in [-0.3, -0.25) is 9.10 Å². The van der Waals surface area contributed by atoms with Gasteiger partial charge in [0, 0.05) is 5.54 Å². The summed E-state index contributed by atoms with van der Waals surface area (Å²) in [5.74, 6) is 0.0329. The van der Waals surface area contributed by atoms with E-state index < -0.39 is 27.5 Å². The number of rotatable bonds is 5. The minimum atomic E-state index is -3.68. The molecule has 0 aromatic heterocycles. The molecular weight excluding hydrogens is 340 g/mol. The Balaban J connectivity index is 3.26. The normalized spacial score (nSPS) is 13.3. The van der Waals surface area contributed by atoms with Gasteiger partial charge in [0.1, 0.15) is 11.8 Å². The molecule has 1 atom stereocenters. The lowest BCUT2D eigenvalue weighted by Gasteiger charge is -2.31. The van der Waals surface area contributed by atoms with Crippen molar-refractivity contribution in [2.45, 2.75) is 39.3 Å². The highest BCUT2D eigenvalue weighted by Crippen LogP contribution is 2.31. The fourth-order valence-electron chi connectivity index (χ4n) is 2.08. The van der Waals surface area contributed by atoms with Crippen LogP contribution in [0.4, 0.5) is 5.69 Å². The molecule has 0 heterocycles. The van der Waals surface area contributed by atoms with Gasteiger partial charge in [0.2, 0.25) is 15.9 Å². The molecule has 0 radical (unpaired) electrons. The molecule has 0 bridgehead atoms. The molecule has 1 rings (SSSR count). The van der Waals surface area contributed by atoms with Gasteiger partial charge in [-0.15, -0.1) is 0 Å². The molecule has 0 aliphatic heterocycles. The van der Waals surface area contributed by atoms with E-state index in [2.05, 4.69) is 5.32 Å². The van der Waals surface area contributed by atoms with Crippen molar-refractivity contribution in [2.24, 2.45) is 0 Å². The molecule has 8 heteroatoms. The quantitative estimate of drug-likeness (QED) is 0.872. The smallest absolute Gasteiger partial charge is 0.244 e. The van der Waals surface area contributed by atoms with Gasteiger partial charge in [0.25, 0.3) is 0 Å². The highest BCUT2D eigenvalue weighted by Gasteiger charge is 2.31. The van der Waals surface area contributed by atoms with Crippen LogP contribution < -0.4 is 14.4 Å². The highest BCUT2D eigenvalue weighted by atomic mass is 35.5. The van der Waals surface area contributed by atoms with E-state index in [1.165, 1.54) is 20.1 Å². The number of anilines is 1. The standard InChI is InChI=1S/C15H23ClN2O4S/c1-10(14(19)17-15(2,3)4)18(23(6,20)21)11-7-8-13(22-5)12(16)9-11/h7-10H,1-6H3,(H,17,19)/t10-/m1/s1. The van der Waals surface area contributed by atoms with Crippen molar-refractivity contribution >= 4 is 33.2 Å². The highest BCUT2D eigenvalue weighted by molar-refractivity contribution is 7.92. The number of sulfonamides is 1. The first-order valence-corrected chi connectivity index (χ1v) is 9.24. The van der Waals surface area contributed by atoms with E-state index in [4.69, 9.17) is 16.3 Å². The average molecular weight is 363 g/mol. The summed E-state index contributed by atoms with van der Waals surface area (Å²) >= 11 is 6.07. The van der Waals surface area contributed by atoms with Crippen LogP contribution in [0.25, 0.3) is 0 Å². The van der Waals surface area contributed by atoms with Gasteiger partial charge in [-0.1, -0.05) is 11.6 Å². The molecule has 1 amide bonds. The number of hydrogen-bond acceptors (Lipinski definition) is 4. The second-order valence-corrected chi connectivity index (χ2v) is 8.56.